The van der Waals surface area contributed by atoms with Crippen molar-refractivity contribution in [1.29, 1.82) is 0 Å². The Morgan fingerprint density at radius 2 is 1.83 bits per heavy atom. The van der Waals surface area contributed by atoms with Gasteiger partial charge < -0.3 is 10.1 Å². The van der Waals surface area contributed by atoms with Gasteiger partial charge in [-0.1, -0.05) is 29.8 Å². The van der Waals surface area contributed by atoms with Crippen LogP contribution in [0.1, 0.15) is 11.1 Å². The molecule has 0 saturated heterocycles. The van der Waals surface area contributed by atoms with E-state index in [-0.39, 0.29) is 4.90 Å². The van der Waals surface area contributed by atoms with E-state index in [1.807, 2.05) is 35.9 Å². The quantitative estimate of drug-likeness (QED) is 0.838. The maximum absolute atomic E-state index is 12.1. The van der Waals surface area contributed by atoms with Crippen LogP contribution in [0.25, 0.3) is 0 Å². The van der Waals surface area contributed by atoms with Crippen molar-refractivity contribution in [3.8, 4) is 5.75 Å². The van der Waals surface area contributed by atoms with Crippen LogP contribution in [0, 0.1) is 6.92 Å². The average Bonchev–Trinajstić information content (AvgIpc) is 2.55. The number of hydrogen-bond donors (Lipinski definition) is 2. The number of carbonyl (C=O) groups excluding carboxylic acids is 1. The number of aryl methyl sites for hydroxylation is 1. The molecule has 0 bridgehead atoms. The number of benzene rings is 2. The Morgan fingerprint density at radius 3 is 2.50 bits per heavy atom. The summed E-state index contributed by atoms with van der Waals surface area (Å²) in [4.78, 5) is 11.8. The number of rotatable bonds is 6. The van der Waals surface area contributed by atoms with E-state index in [1.165, 1.54) is 12.1 Å². The summed E-state index contributed by atoms with van der Waals surface area (Å²) >= 11 is 0. The molecule has 0 aliphatic heterocycles. The molecule has 2 aromatic rings. The molecular weight excluding hydrogens is 328 g/mol. The van der Waals surface area contributed by atoms with Gasteiger partial charge in [0.15, 0.2) is 0 Å². The second-order valence-corrected chi connectivity index (χ2v) is 6.96. The molecule has 0 radical (unpaired) electrons. The topological polar surface area (TPSA) is 84.5 Å². The lowest BCUT2D eigenvalue weighted by Crippen LogP contribution is -2.40. The van der Waals surface area contributed by atoms with Crippen molar-refractivity contribution in [2.45, 2.75) is 18.2 Å². The zero-order chi connectivity index (χ0) is 17.6. The maximum Gasteiger partial charge on any atom is 0.328 e. The molecular formula is C17H20N2O4S. The third-order valence-corrected chi connectivity index (χ3v) is 4.74. The maximum atomic E-state index is 12.1. The molecule has 0 fully saturated rings. The van der Waals surface area contributed by atoms with Gasteiger partial charge in [-0.2, -0.15) is 0 Å². The predicted octanol–water partition coefficient (Wildman–Crippen LogP) is 2.23. The van der Waals surface area contributed by atoms with Gasteiger partial charge in [-0.25, -0.2) is 17.9 Å². The van der Waals surface area contributed by atoms with Crippen molar-refractivity contribution in [3.63, 3.8) is 0 Å². The Balaban J connectivity index is 1.87. The number of nitrogens with one attached hydrogen (secondary N) is 2. The summed E-state index contributed by atoms with van der Waals surface area (Å²) in [5, 5.41) is 2.54. The molecule has 0 aliphatic rings. The van der Waals surface area contributed by atoms with Crippen molar-refractivity contribution in [1.82, 2.24) is 10.0 Å². The van der Waals surface area contributed by atoms with Gasteiger partial charge in [0.25, 0.3) is 10.0 Å². The fourth-order valence-electron chi connectivity index (χ4n) is 2.08. The molecule has 0 unspecified atom stereocenters. The summed E-state index contributed by atoms with van der Waals surface area (Å²) in [6, 6.07) is 13.0. The van der Waals surface area contributed by atoms with Crippen molar-refractivity contribution in [2.75, 3.05) is 13.7 Å². The molecule has 24 heavy (non-hydrogen) atoms. The lowest BCUT2D eigenvalue weighted by molar-refractivity contribution is 0.246. The first-order valence-electron chi connectivity index (χ1n) is 7.41. The summed E-state index contributed by atoms with van der Waals surface area (Å²) in [5.74, 6) is 0.735. The molecule has 2 N–H and O–H groups in total. The van der Waals surface area contributed by atoms with Crippen LogP contribution in [-0.4, -0.2) is 28.1 Å². The molecule has 7 heteroatoms. The molecule has 2 rings (SSSR count). The molecule has 0 aromatic heterocycles. The average molecular weight is 348 g/mol. The Bertz CT molecular complexity index is 802. The Kier molecular flexibility index (Phi) is 5.81. The molecule has 0 aliphatic carbocycles. The highest BCUT2D eigenvalue weighted by Crippen LogP contribution is 2.12. The van der Waals surface area contributed by atoms with E-state index in [0.29, 0.717) is 13.0 Å². The highest BCUT2D eigenvalue weighted by molar-refractivity contribution is 7.90. The van der Waals surface area contributed by atoms with E-state index in [9.17, 15) is 13.2 Å². The highest BCUT2D eigenvalue weighted by Gasteiger charge is 2.16. The van der Waals surface area contributed by atoms with Gasteiger partial charge in [0.1, 0.15) is 5.75 Å². The first-order chi connectivity index (χ1) is 11.4. The molecule has 2 aromatic carbocycles. The van der Waals surface area contributed by atoms with Crippen molar-refractivity contribution < 1.29 is 17.9 Å². The van der Waals surface area contributed by atoms with Crippen LogP contribution in [0.15, 0.2) is 53.4 Å². The van der Waals surface area contributed by atoms with Gasteiger partial charge in [0.2, 0.25) is 0 Å². The Labute approximate surface area is 141 Å². The second-order valence-electron chi connectivity index (χ2n) is 5.28. The standard InChI is InChI=1S/C17H20N2O4S/c1-13-6-8-16(9-7-13)24(21,22)19-17(20)18-11-10-14-4-3-5-15(12-14)23-2/h3-9,12H,10-11H2,1-2H3,(H2,18,19,20). The Hall–Kier alpha value is -2.54. The summed E-state index contributed by atoms with van der Waals surface area (Å²) in [6.07, 6.45) is 0.565. The molecule has 6 nitrogen and oxygen atoms in total. The van der Waals surface area contributed by atoms with Gasteiger partial charge in [0, 0.05) is 6.54 Å². The van der Waals surface area contributed by atoms with Gasteiger partial charge in [-0.15, -0.1) is 0 Å². The van der Waals surface area contributed by atoms with Gasteiger partial charge in [0.05, 0.1) is 12.0 Å². The van der Waals surface area contributed by atoms with Crippen molar-refractivity contribution >= 4 is 16.1 Å². The van der Waals surface area contributed by atoms with E-state index in [2.05, 4.69) is 5.32 Å². The second kappa shape index (κ2) is 7.83. The highest BCUT2D eigenvalue weighted by atomic mass is 32.2. The largest absolute Gasteiger partial charge is 0.497 e. The summed E-state index contributed by atoms with van der Waals surface area (Å²) < 4.78 is 31.3. The van der Waals surface area contributed by atoms with E-state index >= 15 is 0 Å². The van der Waals surface area contributed by atoms with Crippen molar-refractivity contribution in [2.24, 2.45) is 0 Å². The number of methoxy groups -OCH3 is 1. The minimum absolute atomic E-state index is 0.0519. The van der Waals surface area contributed by atoms with Crippen LogP contribution in [0.2, 0.25) is 0 Å². The SMILES string of the molecule is COc1cccc(CCNC(=O)NS(=O)(=O)c2ccc(C)cc2)c1. The molecule has 0 atom stereocenters. The zero-order valence-corrected chi connectivity index (χ0v) is 14.4. The number of carbonyl (C=O) groups is 1. The summed E-state index contributed by atoms with van der Waals surface area (Å²) in [6.45, 7) is 2.16. The van der Waals surface area contributed by atoms with E-state index in [1.54, 1.807) is 19.2 Å². The third-order valence-electron chi connectivity index (χ3n) is 3.39. The first-order valence-corrected chi connectivity index (χ1v) is 8.89. The van der Waals surface area contributed by atoms with Gasteiger partial charge >= 0.3 is 6.03 Å². The van der Waals surface area contributed by atoms with Crippen LogP contribution in [0.4, 0.5) is 4.79 Å². The van der Waals surface area contributed by atoms with Crippen molar-refractivity contribution in [3.05, 3.63) is 59.7 Å². The monoisotopic (exact) mass is 348 g/mol. The van der Waals surface area contributed by atoms with Crippen LogP contribution < -0.4 is 14.8 Å². The third kappa shape index (κ3) is 4.99. The normalized spacial score (nSPS) is 10.9. The van der Waals surface area contributed by atoms with Crippen LogP contribution in [0.5, 0.6) is 5.75 Å². The molecule has 2 amide bonds. The molecule has 0 saturated carbocycles. The van der Waals surface area contributed by atoms with Crippen LogP contribution >= 0.6 is 0 Å². The van der Waals surface area contributed by atoms with E-state index in [4.69, 9.17) is 4.74 Å². The van der Waals surface area contributed by atoms with Gasteiger partial charge in [-0.3, -0.25) is 0 Å². The summed E-state index contributed by atoms with van der Waals surface area (Å²) in [7, 11) is -2.28. The minimum atomic E-state index is -3.86. The first kappa shape index (κ1) is 17.8. The number of urea groups is 1. The fourth-order valence-corrected chi connectivity index (χ4v) is 3.01. The number of sulfonamides is 1. The van der Waals surface area contributed by atoms with Crippen LogP contribution in [-0.2, 0) is 16.4 Å². The summed E-state index contributed by atoms with van der Waals surface area (Å²) in [5.41, 5.74) is 1.92. The lowest BCUT2D eigenvalue weighted by Gasteiger charge is -2.09. The van der Waals surface area contributed by atoms with Crippen LogP contribution in [0.3, 0.4) is 0 Å². The lowest BCUT2D eigenvalue weighted by atomic mass is 10.1. The number of hydrogen-bond acceptors (Lipinski definition) is 4. The van der Waals surface area contributed by atoms with E-state index < -0.39 is 16.1 Å². The predicted molar refractivity (Wildman–Crippen MR) is 91.6 cm³/mol. The van der Waals surface area contributed by atoms with E-state index in [0.717, 1.165) is 16.9 Å². The molecule has 0 spiro atoms. The number of ether oxygens (including phenoxy) is 1. The fraction of sp³-hybridized carbons (Fsp3) is 0.235. The van der Waals surface area contributed by atoms with Gasteiger partial charge in [-0.05, 0) is 43.2 Å². The minimum Gasteiger partial charge on any atom is -0.497 e. The molecule has 128 valence electrons. The Morgan fingerprint density at radius 1 is 1.12 bits per heavy atom. The number of amides is 2. The smallest absolute Gasteiger partial charge is 0.328 e. The molecule has 0 heterocycles. The zero-order valence-electron chi connectivity index (χ0n) is 13.6.